The van der Waals surface area contributed by atoms with Crippen LogP contribution < -0.4 is 10.6 Å². The van der Waals surface area contributed by atoms with Gasteiger partial charge in [-0.2, -0.15) is 0 Å². The van der Waals surface area contributed by atoms with E-state index in [1.165, 1.54) is 25.7 Å². The van der Waals surface area contributed by atoms with Crippen LogP contribution in [0.3, 0.4) is 0 Å². The summed E-state index contributed by atoms with van der Waals surface area (Å²) in [7, 11) is 0. The van der Waals surface area contributed by atoms with Crippen molar-refractivity contribution in [1.29, 1.82) is 0 Å². The number of nitrogens with one attached hydrogen (secondary N) is 2. The van der Waals surface area contributed by atoms with Gasteiger partial charge in [-0.05, 0) is 43.6 Å². The molecule has 0 aromatic carbocycles. The van der Waals surface area contributed by atoms with Crippen LogP contribution >= 0.6 is 0 Å². The van der Waals surface area contributed by atoms with Gasteiger partial charge < -0.3 is 15.1 Å². The largest absolute Gasteiger partial charge is 0.407 e. The molecule has 1 heterocycles. The van der Waals surface area contributed by atoms with Crippen LogP contribution in [0.25, 0.3) is 0 Å². The minimum Gasteiger partial charge on any atom is -0.407 e. The van der Waals surface area contributed by atoms with E-state index in [1.807, 2.05) is 0 Å². The Morgan fingerprint density at radius 1 is 1.35 bits per heavy atom. The molecule has 5 heteroatoms. The van der Waals surface area contributed by atoms with Gasteiger partial charge in [0.05, 0.1) is 6.54 Å². The molecule has 94 valence electrons. The summed E-state index contributed by atoms with van der Waals surface area (Å²) in [5.74, 6) is 1.62. The number of rotatable bonds is 7. The third-order valence-electron chi connectivity index (χ3n) is 3.92. The molecular formula is C12H20N4O. The zero-order valence-electron chi connectivity index (χ0n) is 10.3. The number of aromatic nitrogens is 2. The fraction of sp³-hybridized carbons (Fsp3) is 0.833. The van der Waals surface area contributed by atoms with E-state index in [9.17, 15) is 0 Å². The summed E-state index contributed by atoms with van der Waals surface area (Å²) in [5, 5.41) is 14.5. The maximum absolute atomic E-state index is 5.51. The molecular weight excluding hydrogens is 216 g/mol. The van der Waals surface area contributed by atoms with E-state index < -0.39 is 0 Å². The molecule has 2 aliphatic carbocycles. The van der Waals surface area contributed by atoms with Gasteiger partial charge in [0.25, 0.3) is 0 Å². The standard InChI is InChI=1S/C12H20N4O/c1-2-13-7-10-15-16-11(17-10)14-8-12(5-6-12)9-3-4-9/h9,13H,2-8H2,1H3,(H,14,16). The number of hydrogen-bond donors (Lipinski definition) is 2. The molecule has 0 radical (unpaired) electrons. The van der Waals surface area contributed by atoms with Gasteiger partial charge in [0.2, 0.25) is 5.89 Å². The number of hydrogen-bond acceptors (Lipinski definition) is 5. The topological polar surface area (TPSA) is 63.0 Å². The van der Waals surface area contributed by atoms with Crippen LogP contribution in [0.4, 0.5) is 6.01 Å². The van der Waals surface area contributed by atoms with E-state index in [0.717, 1.165) is 19.0 Å². The molecule has 0 spiro atoms. The van der Waals surface area contributed by atoms with Crippen molar-refractivity contribution in [1.82, 2.24) is 15.5 Å². The van der Waals surface area contributed by atoms with Crippen molar-refractivity contribution in [2.45, 2.75) is 39.2 Å². The Labute approximate surface area is 101 Å². The molecule has 0 unspecified atom stereocenters. The van der Waals surface area contributed by atoms with Crippen LogP contribution in [0.5, 0.6) is 0 Å². The second kappa shape index (κ2) is 4.29. The first-order chi connectivity index (χ1) is 8.32. The average Bonchev–Trinajstić information content (AvgIpc) is 3.22. The fourth-order valence-electron chi connectivity index (χ4n) is 2.47. The molecule has 0 bridgehead atoms. The van der Waals surface area contributed by atoms with Crippen LogP contribution in [-0.2, 0) is 6.54 Å². The monoisotopic (exact) mass is 236 g/mol. The average molecular weight is 236 g/mol. The Bertz CT molecular complexity index is 382. The maximum atomic E-state index is 5.51. The van der Waals surface area contributed by atoms with E-state index in [1.54, 1.807) is 0 Å². The van der Waals surface area contributed by atoms with Crippen molar-refractivity contribution in [2.75, 3.05) is 18.4 Å². The van der Waals surface area contributed by atoms with Gasteiger partial charge >= 0.3 is 6.01 Å². The van der Waals surface area contributed by atoms with Crippen molar-refractivity contribution in [3.63, 3.8) is 0 Å². The van der Waals surface area contributed by atoms with Gasteiger partial charge in [-0.3, -0.25) is 0 Å². The predicted molar refractivity (Wildman–Crippen MR) is 64.6 cm³/mol. The Morgan fingerprint density at radius 3 is 2.82 bits per heavy atom. The highest BCUT2D eigenvalue weighted by Crippen LogP contribution is 2.61. The molecule has 0 amide bonds. The summed E-state index contributed by atoms with van der Waals surface area (Å²) in [6, 6.07) is 0.574. The molecule has 5 nitrogen and oxygen atoms in total. The zero-order chi connectivity index (χ0) is 11.7. The normalized spacial score (nSPS) is 21.5. The summed E-state index contributed by atoms with van der Waals surface area (Å²) < 4.78 is 5.51. The summed E-state index contributed by atoms with van der Waals surface area (Å²) in [6.45, 7) is 4.62. The zero-order valence-corrected chi connectivity index (χ0v) is 10.3. The lowest BCUT2D eigenvalue weighted by Crippen LogP contribution is -2.17. The molecule has 2 saturated carbocycles. The lowest BCUT2D eigenvalue weighted by molar-refractivity contribution is 0.445. The van der Waals surface area contributed by atoms with Gasteiger partial charge in [-0.1, -0.05) is 12.0 Å². The minimum absolute atomic E-state index is 0.566. The predicted octanol–water partition coefficient (Wildman–Crippen LogP) is 1.78. The smallest absolute Gasteiger partial charge is 0.315 e. The highest BCUT2D eigenvalue weighted by molar-refractivity contribution is 5.21. The third kappa shape index (κ3) is 2.44. The summed E-state index contributed by atoms with van der Waals surface area (Å²) in [4.78, 5) is 0. The van der Waals surface area contributed by atoms with Crippen LogP contribution in [0.2, 0.25) is 0 Å². The highest BCUT2D eigenvalue weighted by atomic mass is 16.4. The minimum atomic E-state index is 0.566. The molecule has 2 N–H and O–H groups in total. The van der Waals surface area contributed by atoms with Crippen molar-refractivity contribution < 1.29 is 4.42 Å². The third-order valence-corrected chi connectivity index (χ3v) is 3.92. The molecule has 0 atom stereocenters. The highest BCUT2D eigenvalue weighted by Gasteiger charge is 2.53. The second-order valence-corrected chi connectivity index (χ2v) is 5.27. The summed E-state index contributed by atoms with van der Waals surface area (Å²) in [5.41, 5.74) is 0.566. The molecule has 2 aliphatic rings. The number of anilines is 1. The first kappa shape index (κ1) is 11.0. The molecule has 2 fully saturated rings. The van der Waals surface area contributed by atoms with Gasteiger partial charge in [-0.25, -0.2) is 0 Å². The Kier molecular flexibility index (Phi) is 2.78. The Balaban J connectivity index is 1.49. The fourth-order valence-corrected chi connectivity index (χ4v) is 2.47. The SMILES string of the molecule is CCNCc1nnc(NCC2(C3CC3)CC2)o1. The molecule has 0 saturated heterocycles. The van der Waals surface area contributed by atoms with Crippen molar-refractivity contribution in [3.05, 3.63) is 5.89 Å². The van der Waals surface area contributed by atoms with E-state index in [2.05, 4.69) is 27.8 Å². The lowest BCUT2D eigenvalue weighted by Gasteiger charge is -2.13. The van der Waals surface area contributed by atoms with Crippen LogP contribution in [0, 0.1) is 11.3 Å². The Morgan fingerprint density at radius 2 is 2.18 bits per heavy atom. The Hall–Kier alpha value is -1.10. The maximum Gasteiger partial charge on any atom is 0.315 e. The van der Waals surface area contributed by atoms with Crippen molar-refractivity contribution in [2.24, 2.45) is 11.3 Å². The van der Waals surface area contributed by atoms with Crippen LogP contribution in [0.1, 0.15) is 38.5 Å². The molecule has 0 aliphatic heterocycles. The molecule has 3 rings (SSSR count). The lowest BCUT2D eigenvalue weighted by atomic mass is 10.0. The van der Waals surface area contributed by atoms with E-state index in [-0.39, 0.29) is 0 Å². The number of nitrogens with zero attached hydrogens (tertiary/aromatic N) is 2. The van der Waals surface area contributed by atoms with Crippen molar-refractivity contribution in [3.8, 4) is 0 Å². The van der Waals surface area contributed by atoms with E-state index in [0.29, 0.717) is 23.9 Å². The quantitative estimate of drug-likeness (QED) is 0.755. The van der Waals surface area contributed by atoms with Gasteiger partial charge in [-0.15, -0.1) is 5.10 Å². The molecule has 1 aromatic rings. The van der Waals surface area contributed by atoms with Gasteiger partial charge in [0.15, 0.2) is 0 Å². The molecule has 1 aromatic heterocycles. The van der Waals surface area contributed by atoms with E-state index >= 15 is 0 Å². The second-order valence-electron chi connectivity index (χ2n) is 5.27. The first-order valence-electron chi connectivity index (χ1n) is 6.59. The molecule has 17 heavy (non-hydrogen) atoms. The first-order valence-corrected chi connectivity index (χ1v) is 6.59. The summed E-state index contributed by atoms with van der Waals surface area (Å²) >= 11 is 0. The van der Waals surface area contributed by atoms with Crippen LogP contribution in [0.15, 0.2) is 4.42 Å². The summed E-state index contributed by atoms with van der Waals surface area (Å²) in [6.07, 6.45) is 5.56. The van der Waals surface area contributed by atoms with Crippen molar-refractivity contribution >= 4 is 6.01 Å². The van der Waals surface area contributed by atoms with Gasteiger partial charge in [0.1, 0.15) is 0 Å². The van der Waals surface area contributed by atoms with Gasteiger partial charge in [0, 0.05) is 6.54 Å². The van der Waals surface area contributed by atoms with E-state index in [4.69, 9.17) is 4.42 Å². The van der Waals surface area contributed by atoms with Crippen LogP contribution in [-0.4, -0.2) is 23.3 Å².